The Morgan fingerprint density at radius 3 is 2.47 bits per heavy atom. The molecule has 2 heterocycles. The summed E-state index contributed by atoms with van der Waals surface area (Å²) in [5.74, 6) is 0.644. The minimum Gasteiger partial charge on any atom is -0.493 e. The van der Waals surface area contributed by atoms with Gasteiger partial charge in [-0.3, -0.25) is 4.68 Å². The lowest BCUT2D eigenvalue weighted by Gasteiger charge is -2.15. The fourth-order valence-corrected chi connectivity index (χ4v) is 3.56. The summed E-state index contributed by atoms with van der Waals surface area (Å²) < 4.78 is 7.70. The third kappa shape index (κ3) is 3.66. The fourth-order valence-electron chi connectivity index (χ4n) is 3.56. The maximum atomic E-state index is 10.3. The first-order chi connectivity index (χ1) is 14.5. The Labute approximate surface area is 176 Å². The van der Waals surface area contributed by atoms with Crippen LogP contribution in [0.2, 0.25) is 0 Å². The average Bonchev–Trinajstić information content (AvgIpc) is 3.19. The van der Waals surface area contributed by atoms with Crippen LogP contribution in [-0.4, -0.2) is 31.5 Å². The molecule has 154 valence electrons. The van der Waals surface area contributed by atoms with Gasteiger partial charge >= 0.3 is 0 Å². The van der Waals surface area contributed by atoms with Gasteiger partial charge in [0.05, 0.1) is 23.9 Å². The van der Waals surface area contributed by atoms with E-state index in [0.717, 1.165) is 39.0 Å². The molecule has 4 aromatic rings. The third-order valence-corrected chi connectivity index (χ3v) is 5.08. The van der Waals surface area contributed by atoms with E-state index in [1.807, 2.05) is 60.3 Å². The SMILES string of the molecule is CCOc1cc2ncnc(-c3cn(C(C)C)nc3-c3ccccc3)c2cc1C(C)O. The molecule has 0 fully saturated rings. The number of aromatic nitrogens is 4. The summed E-state index contributed by atoms with van der Waals surface area (Å²) in [6, 6.07) is 14.1. The molecule has 30 heavy (non-hydrogen) atoms. The number of nitrogens with zero attached hydrogens (tertiary/aromatic N) is 4. The van der Waals surface area contributed by atoms with Gasteiger partial charge in [0.15, 0.2) is 0 Å². The molecule has 2 aromatic heterocycles. The van der Waals surface area contributed by atoms with Crippen molar-refractivity contribution in [2.45, 2.75) is 39.8 Å². The molecule has 1 atom stereocenters. The summed E-state index contributed by atoms with van der Waals surface area (Å²) in [5.41, 5.74) is 5.11. The highest BCUT2D eigenvalue weighted by Crippen LogP contribution is 2.37. The van der Waals surface area contributed by atoms with Gasteiger partial charge in [0.1, 0.15) is 17.8 Å². The maximum absolute atomic E-state index is 10.3. The average molecular weight is 402 g/mol. The molecule has 6 heteroatoms. The number of rotatable bonds is 6. The van der Waals surface area contributed by atoms with Gasteiger partial charge in [-0.05, 0) is 33.8 Å². The zero-order chi connectivity index (χ0) is 21.3. The number of benzene rings is 2. The second-order valence-corrected chi connectivity index (χ2v) is 7.57. The van der Waals surface area contributed by atoms with Gasteiger partial charge in [-0.15, -0.1) is 0 Å². The number of aliphatic hydroxyl groups is 1. The van der Waals surface area contributed by atoms with E-state index in [4.69, 9.17) is 9.84 Å². The van der Waals surface area contributed by atoms with Gasteiger partial charge in [-0.2, -0.15) is 5.10 Å². The number of hydrogen-bond acceptors (Lipinski definition) is 5. The van der Waals surface area contributed by atoms with Crippen LogP contribution in [0, 0.1) is 0 Å². The lowest BCUT2D eigenvalue weighted by atomic mass is 10.00. The molecular formula is C24H26N4O2. The number of ether oxygens (including phenoxy) is 1. The van der Waals surface area contributed by atoms with E-state index >= 15 is 0 Å². The van der Waals surface area contributed by atoms with E-state index in [2.05, 4.69) is 23.8 Å². The van der Waals surface area contributed by atoms with E-state index in [9.17, 15) is 5.11 Å². The second-order valence-electron chi connectivity index (χ2n) is 7.57. The highest BCUT2D eigenvalue weighted by molar-refractivity contribution is 5.96. The summed E-state index contributed by atoms with van der Waals surface area (Å²) in [5, 5.41) is 16.0. The normalized spacial score (nSPS) is 12.5. The molecule has 0 saturated heterocycles. The number of aliphatic hydroxyl groups excluding tert-OH is 1. The molecule has 1 N–H and O–H groups in total. The van der Waals surface area contributed by atoms with E-state index < -0.39 is 6.10 Å². The monoisotopic (exact) mass is 402 g/mol. The van der Waals surface area contributed by atoms with Crippen LogP contribution in [0.3, 0.4) is 0 Å². The lowest BCUT2D eigenvalue weighted by Crippen LogP contribution is -2.01. The van der Waals surface area contributed by atoms with Crippen LogP contribution in [0.25, 0.3) is 33.4 Å². The predicted octanol–water partition coefficient (Wildman–Crippen LogP) is 5.19. The van der Waals surface area contributed by atoms with Crippen molar-refractivity contribution in [3.8, 4) is 28.3 Å². The van der Waals surface area contributed by atoms with Crippen LogP contribution in [0.4, 0.5) is 0 Å². The van der Waals surface area contributed by atoms with E-state index in [0.29, 0.717) is 12.4 Å². The molecular weight excluding hydrogens is 376 g/mol. The standard InChI is InChI=1S/C24H26N4O2/c1-5-30-22-12-21-19(11-18(22)16(4)29)24(26-14-25-21)20-13-28(15(2)3)27-23(20)17-9-7-6-8-10-17/h6-16,29H,5H2,1-4H3. The van der Waals surface area contributed by atoms with E-state index in [1.54, 1.807) is 13.3 Å². The van der Waals surface area contributed by atoms with Crippen LogP contribution in [0.5, 0.6) is 5.75 Å². The van der Waals surface area contributed by atoms with Crippen molar-refractivity contribution in [1.82, 2.24) is 19.7 Å². The molecule has 0 spiro atoms. The van der Waals surface area contributed by atoms with Crippen molar-refractivity contribution in [2.75, 3.05) is 6.61 Å². The molecule has 0 aliphatic carbocycles. The molecule has 0 amide bonds. The molecule has 0 saturated carbocycles. The highest BCUT2D eigenvalue weighted by Gasteiger charge is 2.20. The Morgan fingerprint density at radius 2 is 1.80 bits per heavy atom. The largest absolute Gasteiger partial charge is 0.493 e. The Bertz CT molecular complexity index is 1170. The Morgan fingerprint density at radius 1 is 1.03 bits per heavy atom. The zero-order valence-corrected chi connectivity index (χ0v) is 17.7. The van der Waals surface area contributed by atoms with Gasteiger partial charge in [-0.25, -0.2) is 9.97 Å². The molecule has 6 nitrogen and oxygen atoms in total. The maximum Gasteiger partial charge on any atom is 0.127 e. The molecule has 0 aliphatic rings. The summed E-state index contributed by atoms with van der Waals surface area (Å²) in [6.07, 6.45) is 2.93. The first-order valence-corrected chi connectivity index (χ1v) is 10.2. The van der Waals surface area contributed by atoms with Gasteiger partial charge in [0, 0.05) is 40.4 Å². The summed E-state index contributed by atoms with van der Waals surface area (Å²) in [4.78, 5) is 9.08. The Balaban J connectivity index is 1.99. The molecule has 1 unspecified atom stereocenters. The topological polar surface area (TPSA) is 73.1 Å². The molecule has 2 aromatic carbocycles. The summed E-state index contributed by atoms with van der Waals surface area (Å²) >= 11 is 0. The predicted molar refractivity (Wildman–Crippen MR) is 118 cm³/mol. The van der Waals surface area contributed by atoms with Crippen molar-refractivity contribution in [3.63, 3.8) is 0 Å². The minimum absolute atomic E-state index is 0.215. The highest BCUT2D eigenvalue weighted by atomic mass is 16.5. The molecule has 0 aliphatic heterocycles. The zero-order valence-electron chi connectivity index (χ0n) is 17.7. The number of hydrogen-bond donors (Lipinski definition) is 1. The van der Waals surface area contributed by atoms with Crippen LogP contribution in [-0.2, 0) is 0 Å². The van der Waals surface area contributed by atoms with Crippen molar-refractivity contribution < 1.29 is 9.84 Å². The number of fused-ring (bicyclic) bond motifs is 1. The van der Waals surface area contributed by atoms with Crippen molar-refractivity contribution in [1.29, 1.82) is 0 Å². The third-order valence-electron chi connectivity index (χ3n) is 5.08. The molecule has 0 bridgehead atoms. The summed E-state index contributed by atoms with van der Waals surface area (Å²) in [7, 11) is 0. The fraction of sp³-hybridized carbons (Fsp3) is 0.292. The van der Waals surface area contributed by atoms with Crippen LogP contribution >= 0.6 is 0 Å². The van der Waals surface area contributed by atoms with E-state index in [1.165, 1.54) is 0 Å². The van der Waals surface area contributed by atoms with Gasteiger partial charge in [0.2, 0.25) is 0 Å². The first-order valence-electron chi connectivity index (χ1n) is 10.2. The Kier molecular flexibility index (Phi) is 5.50. The Hall–Kier alpha value is -3.25. The first kappa shape index (κ1) is 20.0. The second kappa shape index (κ2) is 8.24. The van der Waals surface area contributed by atoms with E-state index in [-0.39, 0.29) is 6.04 Å². The van der Waals surface area contributed by atoms with Crippen LogP contribution in [0.15, 0.2) is 55.0 Å². The molecule has 4 rings (SSSR count). The quantitative estimate of drug-likeness (QED) is 0.480. The van der Waals surface area contributed by atoms with Crippen molar-refractivity contribution in [3.05, 3.63) is 60.6 Å². The van der Waals surface area contributed by atoms with Crippen LogP contribution < -0.4 is 4.74 Å². The van der Waals surface area contributed by atoms with Crippen LogP contribution in [0.1, 0.15) is 45.4 Å². The van der Waals surface area contributed by atoms with Crippen molar-refractivity contribution >= 4 is 10.9 Å². The summed E-state index contributed by atoms with van der Waals surface area (Å²) in [6.45, 7) is 8.38. The van der Waals surface area contributed by atoms with Gasteiger partial charge in [-0.1, -0.05) is 30.3 Å². The van der Waals surface area contributed by atoms with Gasteiger partial charge in [0.25, 0.3) is 0 Å². The molecule has 0 radical (unpaired) electrons. The van der Waals surface area contributed by atoms with Gasteiger partial charge < -0.3 is 9.84 Å². The van der Waals surface area contributed by atoms with Crippen molar-refractivity contribution in [2.24, 2.45) is 0 Å². The minimum atomic E-state index is -0.670. The smallest absolute Gasteiger partial charge is 0.127 e. The lowest BCUT2D eigenvalue weighted by molar-refractivity contribution is 0.192.